The van der Waals surface area contributed by atoms with Gasteiger partial charge in [0.15, 0.2) is 0 Å². The van der Waals surface area contributed by atoms with Crippen molar-refractivity contribution in [2.45, 2.75) is 31.4 Å². The van der Waals surface area contributed by atoms with E-state index < -0.39 is 6.10 Å². The van der Waals surface area contributed by atoms with E-state index in [4.69, 9.17) is 0 Å². The Morgan fingerprint density at radius 3 is 2.85 bits per heavy atom. The lowest BCUT2D eigenvalue weighted by Crippen LogP contribution is -2.37. The third-order valence-electron chi connectivity index (χ3n) is 4.24. The van der Waals surface area contributed by atoms with E-state index in [0.29, 0.717) is 18.0 Å². The summed E-state index contributed by atoms with van der Waals surface area (Å²) >= 11 is 0. The maximum Gasteiger partial charge on any atom is 0.128 e. The van der Waals surface area contributed by atoms with Gasteiger partial charge >= 0.3 is 0 Å². The van der Waals surface area contributed by atoms with Gasteiger partial charge in [-0.05, 0) is 46.0 Å². The fourth-order valence-corrected chi connectivity index (χ4v) is 2.90. The normalized spacial score (nSPS) is 21.6. The quantitative estimate of drug-likeness (QED) is 0.866. The SMILES string of the molecule is CN(CCC(O)c1ccccc1F)CC1CCCN1C. The van der Waals surface area contributed by atoms with Gasteiger partial charge in [-0.15, -0.1) is 0 Å². The molecule has 0 amide bonds. The van der Waals surface area contributed by atoms with Gasteiger partial charge in [-0.1, -0.05) is 18.2 Å². The number of aliphatic hydroxyl groups is 1. The first kappa shape index (κ1) is 15.4. The molecule has 3 nitrogen and oxygen atoms in total. The molecule has 1 aromatic rings. The summed E-state index contributed by atoms with van der Waals surface area (Å²) in [5.74, 6) is -0.321. The number of nitrogens with zero attached hydrogens (tertiary/aromatic N) is 2. The van der Waals surface area contributed by atoms with E-state index >= 15 is 0 Å². The summed E-state index contributed by atoms with van der Waals surface area (Å²) in [5.41, 5.74) is 0.402. The highest BCUT2D eigenvalue weighted by Gasteiger charge is 2.22. The highest BCUT2D eigenvalue weighted by Crippen LogP contribution is 2.20. The van der Waals surface area contributed by atoms with Crippen LogP contribution in [0.5, 0.6) is 0 Å². The van der Waals surface area contributed by atoms with Crippen LogP contribution in [0.1, 0.15) is 30.9 Å². The van der Waals surface area contributed by atoms with Gasteiger partial charge < -0.3 is 14.9 Å². The molecule has 4 heteroatoms. The monoisotopic (exact) mass is 280 g/mol. The summed E-state index contributed by atoms with van der Waals surface area (Å²) in [6, 6.07) is 7.08. The van der Waals surface area contributed by atoms with Crippen molar-refractivity contribution in [3.8, 4) is 0 Å². The van der Waals surface area contributed by atoms with Gasteiger partial charge in [0.2, 0.25) is 0 Å². The molecule has 1 aliphatic rings. The summed E-state index contributed by atoms with van der Waals surface area (Å²) in [6.07, 6.45) is 2.36. The van der Waals surface area contributed by atoms with Crippen molar-refractivity contribution in [3.05, 3.63) is 35.6 Å². The van der Waals surface area contributed by atoms with Gasteiger partial charge in [0.25, 0.3) is 0 Å². The van der Waals surface area contributed by atoms with Gasteiger partial charge in [0.1, 0.15) is 5.82 Å². The van der Waals surface area contributed by atoms with Crippen LogP contribution in [-0.2, 0) is 0 Å². The Balaban J connectivity index is 1.78. The molecule has 0 bridgehead atoms. The smallest absolute Gasteiger partial charge is 0.128 e. The summed E-state index contributed by atoms with van der Waals surface area (Å²) in [6.45, 7) is 2.97. The molecule has 0 spiro atoms. The number of rotatable bonds is 6. The Kier molecular flexibility index (Phi) is 5.52. The lowest BCUT2D eigenvalue weighted by atomic mass is 10.1. The van der Waals surface area contributed by atoms with Crippen LogP contribution in [0.2, 0.25) is 0 Å². The largest absolute Gasteiger partial charge is 0.388 e. The zero-order valence-corrected chi connectivity index (χ0v) is 12.4. The average molecular weight is 280 g/mol. The second kappa shape index (κ2) is 7.16. The van der Waals surface area contributed by atoms with Gasteiger partial charge in [0, 0.05) is 24.7 Å². The van der Waals surface area contributed by atoms with E-state index in [2.05, 4.69) is 23.9 Å². The van der Waals surface area contributed by atoms with E-state index in [0.717, 1.165) is 13.1 Å². The fourth-order valence-electron chi connectivity index (χ4n) is 2.90. The highest BCUT2D eigenvalue weighted by molar-refractivity contribution is 5.19. The molecule has 0 saturated carbocycles. The van der Waals surface area contributed by atoms with Crippen molar-refractivity contribution in [1.82, 2.24) is 9.80 Å². The molecule has 112 valence electrons. The van der Waals surface area contributed by atoms with Crippen LogP contribution in [0.25, 0.3) is 0 Å². The number of hydrogen-bond acceptors (Lipinski definition) is 3. The minimum Gasteiger partial charge on any atom is -0.388 e. The molecule has 1 heterocycles. The predicted molar refractivity (Wildman–Crippen MR) is 79.1 cm³/mol. The molecule has 1 aliphatic heterocycles. The van der Waals surface area contributed by atoms with E-state index in [1.165, 1.54) is 25.5 Å². The maximum absolute atomic E-state index is 13.6. The van der Waals surface area contributed by atoms with Crippen molar-refractivity contribution >= 4 is 0 Å². The molecule has 0 radical (unpaired) electrons. The van der Waals surface area contributed by atoms with Crippen LogP contribution in [0, 0.1) is 5.82 Å². The molecule has 0 aromatic heterocycles. The second-order valence-corrected chi connectivity index (χ2v) is 5.86. The van der Waals surface area contributed by atoms with Crippen LogP contribution >= 0.6 is 0 Å². The third kappa shape index (κ3) is 4.01. The highest BCUT2D eigenvalue weighted by atomic mass is 19.1. The lowest BCUT2D eigenvalue weighted by molar-refractivity contribution is 0.137. The molecule has 1 saturated heterocycles. The Labute approximate surface area is 121 Å². The standard InChI is InChI=1S/C16H25FN2O/c1-18(12-13-6-5-10-19(13)2)11-9-16(20)14-7-3-4-8-15(14)17/h3-4,7-8,13,16,20H,5-6,9-12H2,1-2H3. The first-order valence-electron chi connectivity index (χ1n) is 7.39. The van der Waals surface area contributed by atoms with Gasteiger partial charge in [-0.2, -0.15) is 0 Å². The lowest BCUT2D eigenvalue weighted by Gasteiger charge is -2.26. The third-order valence-corrected chi connectivity index (χ3v) is 4.24. The zero-order valence-electron chi connectivity index (χ0n) is 12.4. The van der Waals surface area contributed by atoms with Crippen molar-refractivity contribution in [3.63, 3.8) is 0 Å². The molecule has 1 fully saturated rings. The van der Waals surface area contributed by atoms with Gasteiger partial charge in [-0.3, -0.25) is 0 Å². The Bertz CT molecular complexity index is 427. The molecule has 20 heavy (non-hydrogen) atoms. The number of likely N-dealkylation sites (N-methyl/N-ethyl adjacent to an activating group) is 2. The Morgan fingerprint density at radius 1 is 1.45 bits per heavy atom. The number of aliphatic hydroxyl groups excluding tert-OH is 1. The zero-order chi connectivity index (χ0) is 14.5. The first-order chi connectivity index (χ1) is 9.58. The minimum atomic E-state index is -0.722. The van der Waals surface area contributed by atoms with Crippen molar-refractivity contribution in [1.29, 1.82) is 0 Å². The predicted octanol–water partition coefficient (Wildman–Crippen LogP) is 2.28. The molecular formula is C16H25FN2O. The summed E-state index contributed by atoms with van der Waals surface area (Å²) in [5, 5.41) is 10.1. The summed E-state index contributed by atoms with van der Waals surface area (Å²) in [4.78, 5) is 4.63. The molecule has 2 rings (SSSR count). The van der Waals surface area contributed by atoms with Crippen LogP contribution in [0.15, 0.2) is 24.3 Å². The molecule has 2 unspecified atom stereocenters. The number of halogens is 1. The van der Waals surface area contributed by atoms with Crippen LogP contribution in [0.3, 0.4) is 0 Å². The summed E-state index contributed by atoms with van der Waals surface area (Å²) < 4.78 is 13.6. The average Bonchev–Trinajstić information content (AvgIpc) is 2.82. The van der Waals surface area contributed by atoms with Crippen molar-refractivity contribution in [2.75, 3.05) is 33.7 Å². The van der Waals surface area contributed by atoms with Crippen molar-refractivity contribution < 1.29 is 9.50 Å². The Morgan fingerprint density at radius 2 is 2.20 bits per heavy atom. The van der Waals surface area contributed by atoms with E-state index in [1.54, 1.807) is 18.2 Å². The van der Waals surface area contributed by atoms with E-state index in [-0.39, 0.29) is 5.82 Å². The fraction of sp³-hybridized carbons (Fsp3) is 0.625. The number of hydrogen-bond donors (Lipinski definition) is 1. The summed E-state index contributed by atoms with van der Waals surface area (Å²) in [7, 11) is 4.24. The molecule has 2 atom stereocenters. The molecule has 0 aliphatic carbocycles. The van der Waals surface area contributed by atoms with Crippen molar-refractivity contribution in [2.24, 2.45) is 0 Å². The van der Waals surface area contributed by atoms with E-state index in [9.17, 15) is 9.50 Å². The molecule has 1 aromatic carbocycles. The Hall–Kier alpha value is -0.970. The van der Waals surface area contributed by atoms with Crippen LogP contribution in [-0.4, -0.2) is 54.7 Å². The van der Waals surface area contributed by atoms with Gasteiger partial charge in [-0.25, -0.2) is 4.39 Å². The van der Waals surface area contributed by atoms with Crippen LogP contribution in [0.4, 0.5) is 4.39 Å². The molecular weight excluding hydrogens is 255 g/mol. The minimum absolute atomic E-state index is 0.321. The van der Waals surface area contributed by atoms with Gasteiger partial charge in [0.05, 0.1) is 6.10 Å². The second-order valence-electron chi connectivity index (χ2n) is 5.86. The topological polar surface area (TPSA) is 26.7 Å². The number of benzene rings is 1. The molecule has 1 N–H and O–H groups in total. The van der Waals surface area contributed by atoms with E-state index in [1.807, 2.05) is 0 Å². The maximum atomic E-state index is 13.6. The number of likely N-dealkylation sites (tertiary alicyclic amines) is 1. The first-order valence-corrected chi connectivity index (χ1v) is 7.39. The van der Waals surface area contributed by atoms with Crippen LogP contribution < -0.4 is 0 Å².